The molecular weight excluding hydrogens is 350 g/mol. The summed E-state index contributed by atoms with van der Waals surface area (Å²) < 4.78 is 5.23. The molecule has 0 amide bonds. The molecule has 0 atom stereocenters. The van der Waals surface area contributed by atoms with Gasteiger partial charge in [-0.1, -0.05) is 18.2 Å². The van der Waals surface area contributed by atoms with Gasteiger partial charge < -0.3 is 10.1 Å². The Bertz CT molecular complexity index is 719. The molecule has 0 aliphatic carbocycles. The Morgan fingerprint density at radius 3 is 2.82 bits per heavy atom. The molecule has 7 heteroatoms. The van der Waals surface area contributed by atoms with E-state index in [0.29, 0.717) is 28.1 Å². The van der Waals surface area contributed by atoms with Crippen LogP contribution in [0.3, 0.4) is 0 Å². The van der Waals surface area contributed by atoms with Crippen LogP contribution in [0.1, 0.15) is 21.7 Å². The average Bonchev–Trinajstić information content (AvgIpc) is 2.54. The number of methoxy groups -OCH3 is 1. The molecule has 6 nitrogen and oxygen atoms in total. The van der Waals surface area contributed by atoms with Crippen LogP contribution in [0.15, 0.2) is 40.0 Å². The zero-order valence-corrected chi connectivity index (χ0v) is 13.7. The van der Waals surface area contributed by atoms with Crippen molar-refractivity contribution in [2.75, 3.05) is 12.4 Å². The predicted octanol–water partition coefficient (Wildman–Crippen LogP) is 3.95. The Hall–Kier alpha value is -2.28. The second-order valence-corrected chi connectivity index (χ2v) is 5.33. The summed E-state index contributed by atoms with van der Waals surface area (Å²) in [7, 11) is 1.30. The maximum absolute atomic E-state index is 11.7. The van der Waals surface area contributed by atoms with Crippen molar-refractivity contribution in [2.45, 2.75) is 13.5 Å². The summed E-state index contributed by atoms with van der Waals surface area (Å²) in [6, 6.07) is 8.84. The Kier molecular flexibility index (Phi) is 5.21. The Morgan fingerprint density at radius 2 is 2.14 bits per heavy atom. The molecular formula is C15H14BrN3O3. The third-order valence-electron chi connectivity index (χ3n) is 3.02. The van der Waals surface area contributed by atoms with Crippen molar-refractivity contribution < 1.29 is 9.53 Å². The predicted molar refractivity (Wildman–Crippen MR) is 87.2 cm³/mol. The molecule has 0 fully saturated rings. The largest absolute Gasteiger partial charge is 0.464 e. The van der Waals surface area contributed by atoms with Gasteiger partial charge in [-0.2, -0.15) is 0 Å². The minimum absolute atomic E-state index is 0.201. The minimum Gasteiger partial charge on any atom is -0.464 e. The van der Waals surface area contributed by atoms with Crippen LogP contribution in [-0.4, -0.2) is 18.1 Å². The first-order valence-corrected chi connectivity index (χ1v) is 7.26. The maximum atomic E-state index is 11.7. The molecule has 0 spiro atoms. The van der Waals surface area contributed by atoms with E-state index in [-0.39, 0.29) is 5.69 Å². The quantitative estimate of drug-likeness (QED) is 0.642. The van der Waals surface area contributed by atoms with Gasteiger partial charge in [0.1, 0.15) is 5.69 Å². The fraction of sp³-hybridized carbons (Fsp3) is 0.200. The van der Waals surface area contributed by atoms with E-state index < -0.39 is 5.97 Å². The lowest BCUT2D eigenvalue weighted by atomic mass is 10.1. The highest BCUT2D eigenvalue weighted by molar-refractivity contribution is 9.10. The van der Waals surface area contributed by atoms with Crippen molar-refractivity contribution in [3.63, 3.8) is 0 Å². The molecule has 22 heavy (non-hydrogen) atoms. The third-order valence-corrected chi connectivity index (χ3v) is 3.83. The van der Waals surface area contributed by atoms with Crippen molar-refractivity contribution in [1.29, 1.82) is 0 Å². The molecule has 1 heterocycles. The van der Waals surface area contributed by atoms with Crippen molar-refractivity contribution in [3.8, 4) is 0 Å². The van der Waals surface area contributed by atoms with Crippen LogP contribution < -0.4 is 5.32 Å². The monoisotopic (exact) mass is 363 g/mol. The number of nitrogens with zero attached hydrogens (tertiary/aromatic N) is 2. The lowest BCUT2D eigenvalue weighted by Gasteiger charge is -2.12. The standard InChI is InChI=1S/C15H14BrN3O3/c1-9-7-12(13(16)14(18-9)15(20)22-2)17-8-10-5-3-4-6-11(10)19-21/h3-7H,8H2,1-2H3,(H,17,18). The number of nitrogens with one attached hydrogen (secondary N) is 1. The molecule has 114 valence electrons. The molecule has 1 aromatic carbocycles. The number of hydrogen-bond donors (Lipinski definition) is 1. The van der Waals surface area contributed by atoms with Gasteiger partial charge in [0.05, 0.1) is 17.3 Å². The fourth-order valence-electron chi connectivity index (χ4n) is 1.96. The van der Waals surface area contributed by atoms with Gasteiger partial charge in [-0.05, 0) is 40.2 Å². The van der Waals surface area contributed by atoms with E-state index in [0.717, 1.165) is 5.56 Å². The van der Waals surface area contributed by atoms with Gasteiger partial charge in [0, 0.05) is 17.8 Å². The number of rotatable bonds is 5. The number of hydrogen-bond acceptors (Lipinski definition) is 6. The van der Waals surface area contributed by atoms with Gasteiger partial charge in [-0.25, -0.2) is 9.78 Å². The first-order valence-electron chi connectivity index (χ1n) is 6.47. The molecule has 0 aliphatic rings. The van der Waals surface area contributed by atoms with Gasteiger partial charge in [-0.3, -0.25) is 0 Å². The molecule has 2 aromatic rings. The molecule has 1 aromatic heterocycles. The number of aromatic nitrogens is 1. The van der Waals surface area contributed by atoms with Crippen molar-refractivity contribution in [2.24, 2.45) is 5.18 Å². The number of nitroso groups, excluding NO2 is 1. The van der Waals surface area contributed by atoms with Crippen molar-refractivity contribution in [1.82, 2.24) is 4.98 Å². The number of halogens is 1. The maximum Gasteiger partial charge on any atom is 0.357 e. The summed E-state index contributed by atoms with van der Waals surface area (Å²) in [5.74, 6) is -0.520. The van der Waals surface area contributed by atoms with E-state index in [1.165, 1.54) is 7.11 Å². The normalized spacial score (nSPS) is 10.1. The summed E-state index contributed by atoms with van der Waals surface area (Å²) in [4.78, 5) is 26.7. The van der Waals surface area contributed by atoms with Gasteiger partial charge in [0.15, 0.2) is 5.69 Å². The summed E-state index contributed by atoms with van der Waals surface area (Å²) in [5, 5.41) is 6.16. The molecule has 0 bridgehead atoms. The van der Waals surface area contributed by atoms with E-state index >= 15 is 0 Å². The third kappa shape index (κ3) is 3.48. The highest BCUT2D eigenvalue weighted by Gasteiger charge is 2.16. The van der Waals surface area contributed by atoms with E-state index in [4.69, 9.17) is 4.74 Å². The van der Waals surface area contributed by atoms with Gasteiger partial charge in [0.25, 0.3) is 0 Å². The van der Waals surface area contributed by atoms with Crippen LogP contribution >= 0.6 is 15.9 Å². The fourth-order valence-corrected chi connectivity index (χ4v) is 2.46. The summed E-state index contributed by atoms with van der Waals surface area (Å²) >= 11 is 3.35. The van der Waals surface area contributed by atoms with Crippen LogP contribution in [0, 0.1) is 11.8 Å². The van der Waals surface area contributed by atoms with Gasteiger partial charge in [-0.15, -0.1) is 4.91 Å². The number of aryl methyl sites for hydroxylation is 1. The lowest BCUT2D eigenvalue weighted by molar-refractivity contribution is 0.0592. The van der Waals surface area contributed by atoms with Gasteiger partial charge in [0.2, 0.25) is 0 Å². The second-order valence-electron chi connectivity index (χ2n) is 4.54. The van der Waals surface area contributed by atoms with Crippen LogP contribution in [0.25, 0.3) is 0 Å². The van der Waals surface area contributed by atoms with Crippen molar-refractivity contribution >= 4 is 33.3 Å². The number of esters is 1. The van der Waals surface area contributed by atoms with E-state index in [1.54, 1.807) is 25.1 Å². The summed E-state index contributed by atoms with van der Waals surface area (Å²) in [5.41, 5.74) is 2.71. The van der Waals surface area contributed by atoms with Crippen molar-refractivity contribution in [3.05, 3.63) is 56.7 Å². The number of benzene rings is 1. The smallest absolute Gasteiger partial charge is 0.357 e. The zero-order chi connectivity index (χ0) is 16.1. The van der Waals surface area contributed by atoms with Gasteiger partial charge >= 0.3 is 5.97 Å². The highest BCUT2D eigenvalue weighted by Crippen LogP contribution is 2.28. The van der Waals surface area contributed by atoms with E-state index in [2.05, 4.69) is 31.4 Å². The number of carbonyl (C=O) groups is 1. The second kappa shape index (κ2) is 7.13. The summed E-state index contributed by atoms with van der Waals surface area (Å²) in [6.07, 6.45) is 0. The first kappa shape index (κ1) is 16.1. The lowest BCUT2D eigenvalue weighted by Crippen LogP contribution is -2.09. The Balaban J connectivity index is 2.28. The molecule has 1 N–H and O–H groups in total. The molecule has 0 saturated carbocycles. The first-order chi connectivity index (χ1) is 10.6. The van der Waals surface area contributed by atoms with Crippen LogP contribution in [0.2, 0.25) is 0 Å². The minimum atomic E-state index is -0.520. The van der Waals surface area contributed by atoms with E-state index in [9.17, 15) is 9.70 Å². The molecule has 0 aliphatic heterocycles. The topological polar surface area (TPSA) is 80.7 Å². The Morgan fingerprint density at radius 1 is 1.41 bits per heavy atom. The number of ether oxygens (including phenoxy) is 1. The van der Waals surface area contributed by atoms with E-state index in [1.807, 2.05) is 12.1 Å². The number of pyridine rings is 1. The number of anilines is 1. The highest BCUT2D eigenvalue weighted by atomic mass is 79.9. The SMILES string of the molecule is COC(=O)c1nc(C)cc(NCc2ccccc2N=O)c1Br. The van der Waals surface area contributed by atoms with Crippen LogP contribution in [0.5, 0.6) is 0 Å². The molecule has 2 rings (SSSR count). The Labute approximate surface area is 136 Å². The summed E-state index contributed by atoms with van der Waals surface area (Å²) in [6.45, 7) is 2.18. The molecule has 0 saturated heterocycles. The van der Waals surface area contributed by atoms with Crippen LogP contribution in [-0.2, 0) is 11.3 Å². The number of carbonyl (C=O) groups excluding carboxylic acids is 1. The van der Waals surface area contributed by atoms with Crippen LogP contribution in [0.4, 0.5) is 11.4 Å². The zero-order valence-electron chi connectivity index (χ0n) is 12.1. The average molecular weight is 364 g/mol. The molecule has 0 unspecified atom stereocenters. The molecule has 0 radical (unpaired) electrons.